The normalized spacial score (nSPS) is 11.2. The van der Waals surface area contributed by atoms with Crippen LogP contribution in [-0.2, 0) is 9.53 Å². The van der Waals surface area contributed by atoms with E-state index >= 15 is 0 Å². The van der Waals surface area contributed by atoms with Crippen molar-refractivity contribution < 1.29 is 9.53 Å². The molecule has 0 saturated carbocycles. The molecular weight excluding hydrogens is 591 g/mol. The zero-order valence-electron chi connectivity index (χ0n) is 26.9. The molecule has 0 aliphatic carbocycles. The summed E-state index contributed by atoms with van der Waals surface area (Å²) in [7, 11) is 0. The second kappa shape index (κ2) is 35.6. The quantitative estimate of drug-likeness (QED) is 0.0391. The van der Waals surface area contributed by atoms with Crippen LogP contribution in [0.1, 0.15) is 176 Å². The molecule has 0 aromatic rings. The van der Waals surface area contributed by atoms with Crippen molar-refractivity contribution in [2.24, 2.45) is 5.92 Å². The van der Waals surface area contributed by atoms with Crippen molar-refractivity contribution in [3.05, 3.63) is 0 Å². The van der Waals surface area contributed by atoms with Gasteiger partial charge in [0.15, 0.2) is 0 Å². The molecule has 0 bridgehead atoms. The number of thiol groups is 1. The second-order valence-electron chi connectivity index (χ2n) is 11.9. The molecule has 0 N–H and O–H groups in total. The van der Waals surface area contributed by atoms with Crippen molar-refractivity contribution in [2.45, 2.75) is 189 Å². The summed E-state index contributed by atoms with van der Waals surface area (Å²) in [6.45, 7) is 12.0. The predicted molar refractivity (Wildman–Crippen MR) is 178 cm³/mol. The van der Waals surface area contributed by atoms with Gasteiger partial charge >= 0.3 is 175 Å². The molecule has 0 atom stereocenters. The zero-order valence-corrected chi connectivity index (χ0v) is 30.7. The molecule has 0 fully saturated rings. The van der Waals surface area contributed by atoms with Crippen LogP contribution in [0.25, 0.3) is 0 Å². The van der Waals surface area contributed by atoms with Gasteiger partial charge < -0.3 is 4.74 Å². The van der Waals surface area contributed by atoms with Gasteiger partial charge in [0.2, 0.25) is 0 Å². The molecule has 0 aromatic heterocycles. The van der Waals surface area contributed by atoms with Crippen LogP contribution in [0.3, 0.4) is 0 Å². The summed E-state index contributed by atoms with van der Waals surface area (Å²) in [5.74, 6) is 0.749. The van der Waals surface area contributed by atoms with Crippen molar-refractivity contribution in [1.29, 1.82) is 0 Å². The third kappa shape index (κ3) is 36.6. The van der Waals surface area contributed by atoms with Crippen molar-refractivity contribution in [3.63, 3.8) is 0 Å². The Balaban J connectivity index is 0. The van der Waals surface area contributed by atoms with Crippen LogP contribution in [0.15, 0.2) is 0 Å². The predicted octanol–water partition coefficient (Wildman–Crippen LogP) is 12.2. The van der Waals surface area contributed by atoms with E-state index in [-0.39, 0.29) is 11.7 Å². The van der Waals surface area contributed by atoms with E-state index in [0.717, 1.165) is 18.8 Å². The van der Waals surface area contributed by atoms with Gasteiger partial charge in [0.1, 0.15) is 0 Å². The summed E-state index contributed by atoms with van der Waals surface area (Å²) in [5, 5.41) is 0. The first kappa shape index (κ1) is 40.8. The van der Waals surface area contributed by atoms with E-state index in [1.54, 1.807) is 32.6 Å². The van der Waals surface area contributed by atoms with Gasteiger partial charge in [-0.25, -0.2) is 0 Å². The minimum atomic E-state index is -1.02. The Morgan fingerprint density at radius 1 is 0.579 bits per heavy atom. The summed E-state index contributed by atoms with van der Waals surface area (Å²) < 4.78 is 10.0. The summed E-state index contributed by atoms with van der Waals surface area (Å²) in [6.07, 6.45) is 31.5. The van der Waals surface area contributed by atoms with E-state index in [9.17, 15) is 4.79 Å². The number of hydrogen-bond donors (Lipinski definition) is 1. The fourth-order valence-electron chi connectivity index (χ4n) is 4.90. The molecule has 0 unspecified atom stereocenters. The molecule has 4 heteroatoms. The molecule has 0 aromatic carbocycles. The Hall–Kier alpha value is 0.619. The number of esters is 1. The fourth-order valence-corrected chi connectivity index (χ4v) is 13.6. The Bertz CT molecular complexity index is 406. The molecule has 229 valence electrons. The Morgan fingerprint density at radius 2 is 0.947 bits per heavy atom. The van der Waals surface area contributed by atoms with E-state index in [1.165, 1.54) is 109 Å². The average molecular weight is 663 g/mol. The molecule has 0 aliphatic heterocycles. The van der Waals surface area contributed by atoms with Gasteiger partial charge in [0, 0.05) is 0 Å². The standard InChI is InChI=1S/C10H20O2S.3C8H17.Sn/c1-9(2)6-4-3-5-7-12-10(11)8-13;3*1-3-5-7-8-6-4-2;/h9,13H,3-8H2,1-2H3;3*1,3-8H2,2H3;. The van der Waals surface area contributed by atoms with Crippen LogP contribution >= 0.6 is 12.6 Å². The third-order valence-electron chi connectivity index (χ3n) is 7.47. The first-order chi connectivity index (χ1) is 18.5. The first-order valence-electron chi connectivity index (χ1n) is 17.1. The van der Waals surface area contributed by atoms with Crippen LogP contribution in [-0.4, -0.2) is 38.1 Å². The monoisotopic (exact) mass is 663 g/mol. The van der Waals surface area contributed by atoms with Crippen LogP contribution in [0.2, 0.25) is 13.3 Å². The van der Waals surface area contributed by atoms with Gasteiger partial charge in [-0.15, -0.1) is 0 Å². The molecule has 0 heterocycles. The molecule has 0 amide bonds. The molecular formula is C34H71O2SSn. The molecule has 0 saturated heterocycles. The van der Waals surface area contributed by atoms with Crippen molar-refractivity contribution in [3.8, 4) is 0 Å². The van der Waals surface area contributed by atoms with Gasteiger partial charge in [-0.2, -0.15) is 12.6 Å². The summed E-state index contributed by atoms with van der Waals surface area (Å²) in [6, 6.07) is 0. The molecule has 1 radical (unpaired) electrons. The van der Waals surface area contributed by atoms with E-state index in [1.807, 2.05) is 0 Å². The number of rotatable bonds is 28. The Kier molecular flexibility index (Phi) is 38.2. The molecule has 0 aliphatic rings. The van der Waals surface area contributed by atoms with E-state index in [2.05, 4.69) is 47.2 Å². The second-order valence-corrected chi connectivity index (χ2v) is 20.8. The summed E-state index contributed by atoms with van der Waals surface area (Å²) in [4.78, 5) is 10.7. The van der Waals surface area contributed by atoms with Crippen LogP contribution in [0.5, 0.6) is 0 Å². The topological polar surface area (TPSA) is 26.3 Å². The SMILES string of the molecule is CC(C)CCCCCOC(=O)CS.CCCCCCC[CH2][Sn]([CH2]CCCCCCC)[CH2]CCCCCCC. The number of hydrogen-bond acceptors (Lipinski definition) is 3. The fraction of sp³-hybridized carbons (Fsp3) is 0.971. The van der Waals surface area contributed by atoms with Gasteiger partial charge in [-0.3, -0.25) is 4.79 Å². The number of carbonyl (C=O) groups excluding carboxylic acids is 1. The molecule has 0 rings (SSSR count). The summed E-state index contributed by atoms with van der Waals surface area (Å²) >= 11 is 2.80. The molecule has 2 nitrogen and oxygen atoms in total. The van der Waals surface area contributed by atoms with Gasteiger partial charge in [-0.1, -0.05) is 33.1 Å². The van der Waals surface area contributed by atoms with Gasteiger partial charge in [0.05, 0.1) is 12.4 Å². The van der Waals surface area contributed by atoms with Gasteiger partial charge in [0.25, 0.3) is 0 Å². The van der Waals surface area contributed by atoms with Crippen molar-refractivity contribution in [2.75, 3.05) is 12.4 Å². The van der Waals surface area contributed by atoms with Gasteiger partial charge in [-0.05, 0) is 12.3 Å². The Morgan fingerprint density at radius 3 is 1.32 bits per heavy atom. The number of ether oxygens (including phenoxy) is 1. The maximum absolute atomic E-state index is 10.7. The molecule has 0 spiro atoms. The van der Waals surface area contributed by atoms with Crippen molar-refractivity contribution >= 4 is 38.4 Å². The van der Waals surface area contributed by atoms with Crippen LogP contribution in [0, 0.1) is 5.92 Å². The third-order valence-corrected chi connectivity index (χ3v) is 16.8. The average Bonchev–Trinajstić information content (AvgIpc) is 2.91. The maximum atomic E-state index is 10.7. The van der Waals surface area contributed by atoms with Crippen LogP contribution < -0.4 is 0 Å². The van der Waals surface area contributed by atoms with E-state index in [4.69, 9.17) is 4.74 Å². The van der Waals surface area contributed by atoms with E-state index < -0.39 is 19.8 Å². The van der Waals surface area contributed by atoms with Crippen molar-refractivity contribution in [1.82, 2.24) is 0 Å². The first-order valence-corrected chi connectivity index (χ1v) is 23.8. The zero-order chi connectivity index (χ0) is 28.5. The molecule has 38 heavy (non-hydrogen) atoms. The van der Waals surface area contributed by atoms with Crippen LogP contribution in [0.4, 0.5) is 0 Å². The number of unbranched alkanes of at least 4 members (excludes halogenated alkanes) is 17. The number of carbonyl (C=O) groups is 1. The van der Waals surface area contributed by atoms with E-state index in [0.29, 0.717) is 6.61 Å². The minimum absolute atomic E-state index is 0.187. The summed E-state index contributed by atoms with van der Waals surface area (Å²) in [5.41, 5.74) is 0. The Labute approximate surface area is 254 Å².